The number of cyclic esters (lactones) is 1. The molecule has 0 aliphatic carbocycles. The Balaban J connectivity index is 1.99. The Morgan fingerprint density at radius 3 is 2.67 bits per heavy atom. The monoisotopic (exact) mass is 374 g/mol. The number of hydrogen-bond donors (Lipinski definition) is 3. The lowest BCUT2D eigenvalue weighted by molar-refractivity contribution is -0.166. The van der Waals surface area contributed by atoms with Crippen LogP contribution >= 0.6 is 0 Å². The summed E-state index contributed by atoms with van der Waals surface area (Å²) in [5, 5.41) is 13.1. The van der Waals surface area contributed by atoms with Gasteiger partial charge in [0.1, 0.15) is 12.2 Å². The van der Waals surface area contributed by atoms with Crippen LogP contribution in [0, 0.1) is 5.92 Å². The van der Waals surface area contributed by atoms with Crippen LogP contribution in [0.3, 0.4) is 0 Å². The summed E-state index contributed by atoms with van der Waals surface area (Å²) in [6.45, 7) is 5.05. The van der Waals surface area contributed by atoms with E-state index >= 15 is 0 Å². The number of hydrogen-bond acceptors (Lipinski definition) is 5. The van der Waals surface area contributed by atoms with Crippen LogP contribution < -0.4 is 5.32 Å². The molecule has 0 bridgehead atoms. The van der Waals surface area contributed by atoms with Crippen LogP contribution in [0.1, 0.15) is 32.3 Å². The van der Waals surface area contributed by atoms with Gasteiger partial charge in [-0.2, -0.15) is 0 Å². The molecule has 1 aliphatic rings. The van der Waals surface area contributed by atoms with Gasteiger partial charge in [-0.1, -0.05) is 18.2 Å². The number of nitrogens with one attached hydrogen (secondary N) is 2. The molecule has 1 aromatic heterocycles. The lowest BCUT2D eigenvalue weighted by Crippen LogP contribution is -2.53. The number of carboxylic acid groups (broad SMARTS) is 1. The van der Waals surface area contributed by atoms with Crippen LogP contribution in [0.15, 0.2) is 30.5 Å². The quantitative estimate of drug-likeness (QED) is 0.561. The van der Waals surface area contributed by atoms with Gasteiger partial charge in [-0.25, -0.2) is 4.79 Å². The number of H-pyrrole nitrogens is 1. The molecule has 2 heterocycles. The topological polar surface area (TPSA) is 118 Å². The number of benzene rings is 1. The van der Waals surface area contributed by atoms with E-state index in [1.165, 1.54) is 0 Å². The molecule has 0 unspecified atom stereocenters. The Morgan fingerprint density at radius 1 is 1.30 bits per heavy atom. The van der Waals surface area contributed by atoms with Gasteiger partial charge in [0.2, 0.25) is 0 Å². The second kappa shape index (κ2) is 6.94. The average Bonchev–Trinajstić information content (AvgIpc) is 2.98. The van der Waals surface area contributed by atoms with Gasteiger partial charge in [-0.3, -0.25) is 9.59 Å². The maximum absolute atomic E-state index is 12.2. The zero-order valence-corrected chi connectivity index (χ0v) is 15.3. The van der Waals surface area contributed by atoms with Crippen LogP contribution in [0.25, 0.3) is 10.9 Å². The normalized spacial score (nSPS) is 22.9. The molecule has 1 saturated heterocycles. The highest BCUT2D eigenvalue weighted by Crippen LogP contribution is 2.37. The molecule has 8 heteroatoms. The number of carbonyl (C=O) groups excluding carboxylic acids is 2. The molecule has 0 saturated carbocycles. The molecule has 0 radical (unpaired) electrons. The van der Waals surface area contributed by atoms with Gasteiger partial charge in [-0.05, 0) is 32.4 Å². The number of para-hydroxylation sites is 1. The van der Waals surface area contributed by atoms with Gasteiger partial charge in [-0.15, -0.1) is 0 Å². The SMILES string of the molecule is CC(C)(C)OC(=O)N[C@H]1COC(=O)[C@@H](C(=O)O)[C@@H]1c1c[nH]c2ccccc12. The highest BCUT2D eigenvalue weighted by molar-refractivity contribution is 5.97. The van der Waals surface area contributed by atoms with Gasteiger partial charge < -0.3 is 24.9 Å². The van der Waals surface area contributed by atoms with Gasteiger partial charge in [0.05, 0.1) is 6.04 Å². The van der Waals surface area contributed by atoms with E-state index in [1.54, 1.807) is 27.0 Å². The Hall–Kier alpha value is -3.03. The number of ether oxygens (including phenoxy) is 2. The Bertz CT molecular complexity index is 882. The number of aliphatic carboxylic acids is 1. The van der Waals surface area contributed by atoms with E-state index in [0.29, 0.717) is 5.56 Å². The minimum atomic E-state index is -1.43. The standard InChI is InChI=1S/C19H22N2O6/c1-19(2,3)27-18(25)21-13-9-26-17(24)15(16(22)23)14(13)11-8-20-12-7-5-4-6-10(11)12/h4-8,13-15,20H,9H2,1-3H3,(H,21,25)(H,22,23)/t13-,14+,15+/m0/s1. The van der Waals surface area contributed by atoms with Crippen molar-refractivity contribution < 1.29 is 29.0 Å². The van der Waals surface area contributed by atoms with Crippen molar-refractivity contribution in [2.75, 3.05) is 6.61 Å². The lowest BCUT2D eigenvalue weighted by atomic mass is 9.79. The van der Waals surface area contributed by atoms with Crippen molar-refractivity contribution in [3.05, 3.63) is 36.0 Å². The Labute approximate surface area is 155 Å². The molecule has 3 rings (SSSR count). The van der Waals surface area contributed by atoms with Crippen molar-refractivity contribution >= 4 is 28.9 Å². The molecular weight excluding hydrogens is 352 g/mol. The third-order valence-corrected chi connectivity index (χ3v) is 4.40. The number of aromatic nitrogens is 1. The summed E-state index contributed by atoms with van der Waals surface area (Å²) in [7, 11) is 0. The Kier molecular flexibility index (Phi) is 4.82. The van der Waals surface area contributed by atoms with E-state index in [-0.39, 0.29) is 6.61 Å². The minimum Gasteiger partial charge on any atom is -0.481 e. The number of carbonyl (C=O) groups is 3. The summed E-state index contributed by atoms with van der Waals surface area (Å²) in [5.74, 6) is -4.35. The van der Waals surface area contributed by atoms with E-state index in [0.717, 1.165) is 10.9 Å². The third-order valence-electron chi connectivity index (χ3n) is 4.40. The maximum Gasteiger partial charge on any atom is 0.408 e. The molecule has 27 heavy (non-hydrogen) atoms. The third kappa shape index (κ3) is 3.89. The predicted octanol–water partition coefficient (Wildman–Crippen LogP) is 2.40. The first-order valence-electron chi connectivity index (χ1n) is 8.62. The number of carboxylic acids is 1. The van der Waals surface area contributed by atoms with Crippen LogP contribution in [0.4, 0.5) is 4.79 Å². The second-order valence-corrected chi connectivity index (χ2v) is 7.51. The van der Waals surface area contributed by atoms with Crippen molar-refractivity contribution in [1.82, 2.24) is 10.3 Å². The van der Waals surface area contributed by atoms with Gasteiger partial charge in [0.15, 0.2) is 5.92 Å². The zero-order valence-electron chi connectivity index (χ0n) is 15.3. The van der Waals surface area contributed by atoms with Gasteiger partial charge in [0, 0.05) is 23.0 Å². The van der Waals surface area contributed by atoms with Crippen LogP contribution in [0.5, 0.6) is 0 Å². The first kappa shape index (κ1) is 18.8. The van der Waals surface area contributed by atoms with Crippen molar-refractivity contribution in [2.45, 2.75) is 38.3 Å². The number of alkyl carbamates (subject to hydrolysis) is 1. The summed E-state index contributed by atoms with van der Waals surface area (Å²) < 4.78 is 10.3. The second-order valence-electron chi connectivity index (χ2n) is 7.51. The number of fused-ring (bicyclic) bond motifs is 1. The van der Waals surface area contributed by atoms with Crippen molar-refractivity contribution in [3.8, 4) is 0 Å². The lowest BCUT2D eigenvalue weighted by Gasteiger charge is -2.35. The van der Waals surface area contributed by atoms with E-state index < -0.39 is 41.5 Å². The van der Waals surface area contributed by atoms with E-state index in [1.807, 2.05) is 24.3 Å². The van der Waals surface area contributed by atoms with E-state index in [4.69, 9.17) is 9.47 Å². The molecule has 8 nitrogen and oxygen atoms in total. The van der Waals surface area contributed by atoms with E-state index in [2.05, 4.69) is 10.3 Å². The first-order chi connectivity index (χ1) is 12.7. The summed E-state index contributed by atoms with van der Waals surface area (Å²) >= 11 is 0. The fraction of sp³-hybridized carbons (Fsp3) is 0.421. The zero-order chi connectivity index (χ0) is 19.8. The fourth-order valence-electron chi connectivity index (χ4n) is 3.36. The van der Waals surface area contributed by atoms with Crippen molar-refractivity contribution in [3.63, 3.8) is 0 Å². The van der Waals surface area contributed by atoms with Gasteiger partial charge >= 0.3 is 18.0 Å². The first-order valence-corrected chi connectivity index (χ1v) is 8.62. The molecule has 0 spiro atoms. The average molecular weight is 374 g/mol. The summed E-state index contributed by atoms with van der Waals surface area (Å²) in [4.78, 5) is 39.3. The molecule has 3 atom stereocenters. The van der Waals surface area contributed by atoms with E-state index in [9.17, 15) is 19.5 Å². The largest absolute Gasteiger partial charge is 0.481 e. The number of aromatic amines is 1. The van der Waals surface area contributed by atoms with Gasteiger partial charge in [0.25, 0.3) is 0 Å². The van der Waals surface area contributed by atoms with Crippen LogP contribution in [-0.4, -0.2) is 46.4 Å². The molecule has 144 valence electrons. The number of esters is 1. The maximum atomic E-state index is 12.2. The summed E-state index contributed by atoms with van der Waals surface area (Å²) in [6, 6.07) is 6.63. The summed E-state index contributed by atoms with van der Waals surface area (Å²) in [6.07, 6.45) is 0.979. The highest BCUT2D eigenvalue weighted by atomic mass is 16.6. The predicted molar refractivity (Wildman–Crippen MR) is 96.3 cm³/mol. The Morgan fingerprint density at radius 2 is 2.00 bits per heavy atom. The smallest absolute Gasteiger partial charge is 0.408 e. The molecular formula is C19H22N2O6. The molecule has 1 amide bonds. The number of rotatable bonds is 3. The van der Waals surface area contributed by atoms with Crippen molar-refractivity contribution in [1.29, 1.82) is 0 Å². The molecule has 2 aromatic rings. The molecule has 1 aromatic carbocycles. The van der Waals surface area contributed by atoms with Crippen molar-refractivity contribution in [2.24, 2.45) is 5.92 Å². The molecule has 1 aliphatic heterocycles. The fourth-order valence-corrected chi connectivity index (χ4v) is 3.36. The number of amides is 1. The minimum absolute atomic E-state index is 0.133. The summed E-state index contributed by atoms with van der Waals surface area (Å²) in [5.41, 5.74) is 0.736. The molecule has 3 N–H and O–H groups in total. The highest BCUT2D eigenvalue weighted by Gasteiger charge is 2.47. The van der Waals surface area contributed by atoms with Crippen LogP contribution in [0.2, 0.25) is 0 Å². The van der Waals surface area contributed by atoms with Crippen LogP contribution in [-0.2, 0) is 19.1 Å². The molecule has 1 fully saturated rings.